The smallest absolute Gasteiger partial charge is 0.239 e. The molecule has 1 saturated heterocycles. The molecule has 132 valence electrons. The molecule has 0 aromatic carbocycles. The van der Waals surface area contributed by atoms with Crippen LogP contribution in [0.25, 0.3) is 0 Å². The first-order valence-corrected chi connectivity index (χ1v) is 8.91. The van der Waals surface area contributed by atoms with Crippen molar-refractivity contribution < 1.29 is 17.9 Å². The molecular formula is C13H28ClN3O4S. The van der Waals surface area contributed by atoms with Crippen molar-refractivity contribution in [3.63, 3.8) is 0 Å². The van der Waals surface area contributed by atoms with E-state index in [0.29, 0.717) is 39.2 Å². The van der Waals surface area contributed by atoms with E-state index in [-0.39, 0.29) is 30.0 Å². The lowest BCUT2D eigenvalue weighted by Crippen LogP contribution is -2.55. The van der Waals surface area contributed by atoms with Crippen LogP contribution in [0.4, 0.5) is 0 Å². The average Bonchev–Trinajstić information content (AvgIpc) is 2.46. The molecule has 1 amide bonds. The molecule has 1 atom stereocenters. The summed E-state index contributed by atoms with van der Waals surface area (Å²) in [5.74, 6) is 0.0649. The minimum Gasteiger partial charge on any atom is -0.385 e. The number of methoxy groups -OCH3 is 1. The van der Waals surface area contributed by atoms with Crippen molar-refractivity contribution in [1.29, 1.82) is 0 Å². The van der Waals surface area contributed by atoms with Crippen LogP contribution < -0.4 is 5.73 Å². The summed E-state index contributed by atoms with van der Waals surface area (Å²) < 4.78 is 30.6. The second-order valence-electron chi connectivity index (χ2n) is 5.66. The molecule has 0 radical (unpaired) electrons. The molecular weight excluding hydrogens is 330 g/mol. The summed E-state index contributed by atoms with van der Waals surface area (Å²) in [6.45, 7) is 5.72. The fourth-order valence-electron chi connectivity index (χ4n) is 2.20. The molecule has 0 bridgehead atoms. The number of hydrogen-bond acceptors (Lipinski definition) is 5. The number of ether oxygens (including phenoxy) is 1. The van der Waals surface area contributed by atoms with Crippen molar-refractivity contribution in [3.8, 4) is 0 Å². The average molecular weight is 358 g/mol. The van der Waals surface area contributed by atoms with Crippen LogP contribution in [0.2, 0.25) is 0 Å². The van der Waals surface area contributed by atoms with Gasteiger partial charge >= 0.3 is 0 Å². The lowest BCUT2D eigenvalue weighted by atomic mass is 10.0. The molecule has 1 aliphatic rings. The van der Waals surface area contributed by atoms with E-state index in [1.165, 1.54) is 4.31 Å². The highest BCUT2D eigenvalue weighted by atomic mass is 35.5. The molecule has 0 aromatic rings. The zero-order chi connectivity index (χ0) is 16.0. The van der Waals surface area contributed by atoms with Gasteiger partial charge in [0.1, 0.15) is 0 Å². The number of carbonyl (C=O) groups is 1. The Labute approximate surface area is 139 Å². The Morgan fingerprint density at radius 1 is 1.23 bits per heavy atom. The van der Waals surface area contributed by atoms with Crippen LogP contribution >= 0.6 is 12.4 Å². The Hall–Kier alpha value is -0.410. The van der Waals surface area contributed by atoms with Crippen LogP contribution in [0.15, 0.2) is 0 Å². The molecule has 2 N–H and O–H groups in total. The summed E-state index contributed by atoms with van der Waals surface area (Å²) in [6.07, 6.45) is 0.482. The number of piperazine rings is 1. The zero-order valence-corrected chi connectivity index (χ0v) is 15.2. The van der Waals surface area contributed by atoms with Crippen molar-refractivity contribution >= 4 is 28.3 Å². The number of sulfonamides is 1. The Morgan fingerprint density at radius 2 is 1.77 bits per heavy atom. The number of nitrogens with two attached hydrogens (primary N) is 1. The minimum atomic E-state index is -3.26. The molecule has 0 unspecified atom stereocenters. The minimum absolute atomic E-state index is 0. The highest BCUT2D eigenvalue weighted by Gasteiger charge is 2.31. The van der Waals surface area contributed by atoms with E-state index in [1.54, 1.807) is 12.0 Å². The number of nitrogens with zero attached hydrogens (tertiary/aromatic N) is 2. The van der Waals surface area contributed by atoms with Crippen LogP contribution in [0.5, 0.6) is 0 Å². The fraction of sp³-hybridized carbons (Fsp3) is 0.923. The maximum Gasteiger partial charge on any atom is 0.239 e. The maximum atomic E-state index is 12.1. The van der Waals surface area contributed by atoms with Crippen molar-refractivity contribution in [2.24, 2.45) is 11.7 Å². The largest absolute Gasteiger partial charge is 0.385 e. The number of amides is 1. The number of rotatable bonds is 7. The van der Waals surface area contributed by atoms with E-state index >= 15 is 0 Å². The van der Waals surface area contributed by atoms with Gasteiger partial charge in [0.05, 0.1) is 11.8 Å². The molecule has 7 nitrogen and oxygen atoms in total. The summed E-state index contributed by atoms with van der Waals surface area (Å²) in [4.78, 5) is 13.8. The van der Waals surface area contributed by atoms with Crippen LogP contribution in [-0.2, 0) is 19.6 Å². The third kappa shape index (κ3) is 6.00. The molecule has 0 saturated carbocycles. The van der Waals surface area contributed by atoms with Gasteiger partial charge in [0.2, 0.25) is 15.9 Å². The summed E-state index contributed by atoms with van der Waals surface area (Å²) in [6, 6.07) is -0.519. The van der Waals surface area contributed by atoms with Gasteiger partial charge in [-0.1, -0.05) is 13.8 Å². The zero-order valence-electron chi connectivity index (χ0n) is 13.5. The Morgan fingerprint density at radius 3 is 2.23 bits per heavy atom. The third-order valence-corrected chi connectivity index (χ3v) is 5.65. The second kappa shape index (κ2) is 9.67. The Bertz CT molecular complexity index is 437. The van der Waals surface area contributed by atoms with E-state index < -0.39 is 16.1 Å². The van der Waals surface area contributed by atoms with Gasteiger partial charge in [-0.05, 0) is 12.3 Å². The van der Waals surface area contributed by atoms with Crippen LogP contribution in [0, 0.1) is 5.92 Å². The van der Waals surface area contributed by atoms with E-state index in [4.69, 9.17) is 10.5 Å². The van der Waals surface area contributed by atoms with Crippen LogP contribution in [-0.4, -0.2) is 75.2 Å². The Kier molecular flexibility index (Phi) is 9.49. The first-order valence-electron chi connectivity index (χ1n) is 7.30. The van der Waals surface area contributed by atoms with Crippen LogP contribution in [0.1, 0.15) is 20.3 Å². The highest BCUT2D eigenvalue weighted by molar-refractivity contribution is 7.89. The van der Waals surface area contributed by atoms with E-state index in [0.717, 1.165) is 0 Å². The molecule has 0 aromatic heterocycles. The number of halogens is 1. The topological polar surface area (TPSA) is 92.9 Å². The Balaban J connectivity index is 0.00000441. The third-order valence-electron chi connectivity index (χ3n) is 3.70. The predicted octanol–water partition coefficient (Wildman–Crippen LogP) is -0.0980. The molecule has 22 heavy (non-hydrogen) atoms. The standard InChI is InChI=1S/C13H27N3O4S.ClH/c1-11(2)12(14)13(17)15-5-7-16(8-6-15)21(18,19)10-4-9-20-3;/h11-12H,4-10,14H2,1-3H3;1H/t12-;/m0./s1. The van der Waals surface area contributed by atoms with E-state index in [9.17, 15) is 13.2 Å². The monoisotopic (exact) mass is 357 g/mol. The van der Waals surface area contributed by atoms with Crippen LogP contribution in [0.3, 0.4) is 0 Å². The maximum absolute atomic E-state index is 12.1. The molecule has 9 heteroatoms. The van der Waals surface area contributed by atoms with Crippen molar-refractivity contribution in [3.05, 3.63) is 0 Å². The lowest BCUT2D eigenvalue weighted by Gasteiger charge is -2.35. The van der Waals surface area contributed by atoms with E-state index in [2.05, 4.69) is 0 Å². The summed E-state index contributed by atoms with van der Waals surface area (Å²) >= 11 is 0. The lowest BCUT2D eigenvalue weighted by molar-refractivity contribution is -0.134. The highest BCUT2D eigenvalue weighted by Crippen LogP contribution is 2.11. The molecule has 1 aliphatic heterocycles. The summed E-state index contributed by atoms with van der Waals surface area (Å²) in [5, 5.41) is 0. The number of carbonyl (C=O) groups excluding carboxylic acids is 1. The molecule has 0 aliphatic carbocycles. The van der Waals surface area contributed by atoms with Gasteiger partial charge in [-0.15, -0.1) is 12.4 Å². The van der Waals surface area contributed by atoms with Gasteiger partial charge in [0.15, 0.2) is 0 Å². The van der Waals surface area contributed by atoms with Gasteiger partial charge in [0.25, 0.3) is 0 Å². The molecule has 1 rings (SSSR count). The quantitative estimate of drug-likeness (QED) is 0.642. The first-order chi connectivity index (χ1) is 9.79. The van der Waals surface area contributed by atoms with Gasteiger partial charge in [0, 0.05) is 39.9 Å². The predicted molar refractivity (Wildman–Crippen MR) is 88.5 cm³/mol. The van der Waals surface area contributed by atoms with Gasteiger partial charge in [-0.2, -0.15) is 4.31 Å². The van der Waals surface area contributed by atoms with Gasteiger partial charge < -0.3 is 15.4 Å². The SMILES string of the molecule is COCCCS(=O)(=O)N1CCN(C(=O)[C@@H](N)C(C)C)CC1.Cl. The van der Waals surface area contributed by atoms with Crippen molar-refractivity contribution in [2.45, 2.75) is 26.3 Å². The second-order valence-corrected chi connectivity index (χ2v) is 7.74. The van der Waals surface area contributed by atoms with Gasteiger partial charge in [-0.25, -0.2) is 8.42 Å². The molecule has 0 spiro atoms. The molecule has 1 heterocycles. The first kappa shape index (κ1) is 21.6. The number of hydrogen-bond donors (Lipinski definition) is 1. The normalized spacial score (nSPS) is 18.1. The van der Waals surface area contributed by atoms with Gasteiger partial charge in [-0.3, -0.25) is 4.79 Å². The van der Waals surface area contributed by atoms with Crippen molar-refractivity contribution in [1.82, 2.24) is 9.21 Å². The fourth-order valence-corrected chi connectivity index (χ4v) is 3.66. The van der Waals surface area contributed by atoms with E-state index in [1.807, 2.05) is 13.8 Å². The molecule has 1 fully saturated rings. The summed E-state index contributed by atoms with van der Waals surface area (Å²) in [5.41, 5.74) is 5.86. The summed E-state index contributed by atoms with van der Waals surface area (Å²) in [7, 11) is -1.71. The van der Waals surface area contributed by atoms with Crippen molar-refractivity contribution in [2.75, 3.05) is 45.6 Å².